The Bertz CT molecular complexity index is 676. The van der Waals surface area contributed by atoms with Gasteiger partial charge in [0.15, 0.2) is 0 Å². The lowest BCUT2D eigenvalue weighted by molar-refractivity contribution is 0.0920. The van der Waals surface area contributed by atoms with Gasteiger partial charge in [0, 0.05) is 18.8 Å². The van der Waals surface area contributed by atoms with Crippen molar-refractivity contribution in [2.24, 2.45) is 0 Å². The van der Waals surface area contributed by atoms with Crippen molar-refractivity contribution in [1.82, 2.24) is 9.88 Å². The fourth-order valence-electron chi connectivity index (χ4n) is 2.76. The van der Waals surface area contributed by atoms with Gasteiger partial charge < -0.3 is 14.6 Å². The van der Waals surface area contributed by atoms with Crippen molar-refractivity contribution >= 4 is 6.09 Å². The molecule has 1 N–H and O–H groups in total. The Morgan fingerprint density at radius 1 is 1.23 bits per heavy atom. The number of aromatic nitrogens is 1. The number of benzene rings is 1. The van der Waals surface area contributed by atoms with Crippen LogP contribution in [0.15, 0.2) is 53.5 Å². The molecule has 5 heteroatoms. The zero-order chi connectivity index (χ0) is 15.4. The van der Waals surface area contributed by atoms with E-state index in [1.54, 1.807) is 17.2 Å². The molecule has 0 bridgehead atoms. The fraction of sp³-hybridized carbons (Fsp3) is 0.294. The minimum atomic E-state index is -0.308. The average Bonchev–Trinajstić information content (AvgIpc) is 3.04. The summed E-state index contributed by atoms with van der Waals surface area (Å²) >= 11 is 0. The molecule has 2 heterocycles. The van der Waals surface area contributed by atoms with Gasteiger partial charge in [-0.25, -0.2) is 4.79 Å². The maximum atomic E-state index is 12.3. The highest BCUT2D eigenvalue weighted by Crippen LogP contribution is 2.31. The first kappa shape index (κ1) is 14.4. The number of carbonyl (C=O) groups is 1. The number of carbonyl (C=O) groups excluding carboxylic acids is 1. The Morgan fingerprint density at radius 2 is 2.05 bits per heavy atom. The number of nitrogens with zero attached hydrogens (tertiary/aromatic N) is 1. The summed E-state index contributed by atoms with van der Waals surface area (Å²) in [7, 11) is 0. The van der Waals surface area contributed by atoms with Gasteiger partial charge in [0.1, 0.15) is 6.61 Å². The molecule has 5 nitrogen and oxygen atoms in total. The standard InChI is InChI=1S/C17H18N2O3/c20-16-9-8-14(11-18-16)15-7-4-10-19(15)17(21)22-12-13-5-2-1-3-6-13/h1-3,5-6,8-9,11,15H,4,7,10,12H2,(H,18,20)/t15-/m1/s1. The van der Waals surface area contributed by atoms with E-state index in [4.69, 9.17) is 4.74 Å². The molecule has 0 saturated carbocycles. The molecular formula is C17H18N2O3. The Labute approximate surface area is 128 Å². The SMILES string of the molecule is O=C(OCc1ccccc1)N1CCC[C@@H]1c1ccc(=O)[nH]c1. The van der Waals surface area contributed by atoms with Gasteiger partial charge in [-0.2, -0.15) is 0 Å². The number of aromatic amines is 1. The molecule has 1 aromatic carbocycles. The summed E-state index contributed by atoms with van der Waals surface area (Å²) in [5, 5.41) is 0. The first-order chi connectivity index (χ1) is 10.7. The molecule has 0 spiro atoms. The van der Waals surface area contributed by atoms with Gasteiger partial charge in [-0.05, 0) is 24.0 Å². The van der Waals surface area contributed by atoms with Gasteiger partial charge in [-0.15, -0.1) is 0 Å². The number of pyridine rings is 1. The van der Waals surface area contributed by atoms with Crippen molar-refractivity contribution in [3.05, 3.63) is 70.1 Å². The monoisotopic (exact) mass is 298 g/mol. The van der Waals surface area contributed by atoms with Gasteiger partial charge in [0.25, 0.3) is 0 Å². The summed E-state index contributed by atoms with van der Waals surface area (Å²) in [4.78, 5) is 27.8. The van der Waals surface area contributed by atoms with Gasteiger partial charge in [0.05, 0.1) is 6.04 Å². The van der Waals surface area contributed by atoms with E-state index in [0.717, 1.165) is 24.0 Å². The molecule has 1 aliphatic rings. The Hall–Kier alpha value is -2.56. The Kier molecular flexibility index (Phi) is 4.23. The van der Waals surface area contributed by atoms with Crippen molar-refractivity contribution in [3.63, 3.8) is 0 Å². The van der Waals surface area contributed by atoms with Crippen LogP contribution in [0.5, 0.6) is 0 Å². The second-order valence-corrected chi connectivity index (χ2v) is 5.38. The maximum Gasteiger partial charge on any atom is 0.410 e. The maximum absolute atomic E-state index is 12.3. The first-order valence-corrected chi connectivity index (χ1v) is 7.40. The summed E-state index contributed by atoms with van der Waals surface area (Å²) in [5.74, 6) is 0. The molecule has 0 unspecified atom stereocenters. The van der Waals surface area contributed by atoms with Crippen molar-refractivity contribution in [2.45, 2.75) is 25.5 Å². The highest BCUT2D eigenvalue weighted by Gasteiger charge is 2.31. The minimum Gasteiger partial charge on any atom is -0.445 e. The summed E-state index contributed by atoms with van der Waals surface area (Å²) < 4.78 is 5.40. The Balaban J connectivity index is 1.66. The second-order valence-electron chi connectivity index (χ2n) is 5.38. The first-order valence-electron chi connectivity index (χ1n) is 7.40. The number of ether oxygens (including phenoxy) is 1. The van der Waals surface area contributed by atoms with Crippen LogP contribution in [0.4, 0.5) is 4.79 Å². The number of hydrogen-bond acceptors (Lipinski definition) is 3. The molecule has 1 aliphatic heterocycles. The zero-order valence-electron chi connectivity index (χ0n) is 12.2. The number of H-pyrrole nitrogens is 1. The molecule has 1 saturated heterocycles. The van der Waals surface area contributed by atoms with Crippen LogP contribution >= 0.6 is 0 Å². The molecule has 22 heavy (non-hydrogen) atoms. The zero-order valence-corrected chi connectivity index (χ0v) is 12.2. The lowest BCUT2D eigenvalue weighted by Gasteiger charge is -2.24. The van der Waals surface area contributed by atoms with Crippen LogP contribution in [-0.2, 0) is 11.3 Å². The summed E-state index contributed by atoms with van der Waals surface area (Å²) in [6.07, 6.45) is 3.18. The number of nitrogens with one attached hydrogen (secondary N) is 1. The third-order valence-electron chi connectivity index (χ3n) is 3.89. The molecule has 1 fully saturated rings. The fourth-order valence-corrected chi connectivity index (χ4v) is 2.76. The summed E-state index contributed by atoms with van der Waals surface area (Å²) in [6.45, 7) is 0.950. The van der Waals surface area contributed by atoms with Gasteiger partial charge in [-0.3, -0.25) is 4.79 Å². The molecule has 1 atom stereocenters. The summed E-state index contributed by atoms with van der Waals surface area (Å²) in [6, 6.07) is 12.9. The molecule has 2 aromatic rings. The topological polar surface area (TPSA) is 62.4 Å². The highest BCUT2D eigenvalue weighted by molar-refractivity contribution is 5.68. The van der Waals surface area contributed by atoms with E-state index in [-0.39, 0.29) is 24.3 Å². The third kappa shape index (κ3) is 3.19. The van der Waals surface area contributed by atoms with Crippen molar-refractivity contribution in [3.8, 4) is 0 Å². The Morgan fingerprint density at radius 3 is 2.77 bits per heavy atom. The van der Waals surface area contributed by atoms with E-state index in [1.165, 1.54) is 6.07 Å². The van der Waals surface area contributed by atoms with E-state index in [2.05, 4.69) is 4.98 Å². The molecular weight excluding hydrogens is 280 g/mol. The van der Waals surface area contributed by atoms with Crippen LogP contribution in [0.1, 0.15) is 30.0 Å². The number of likely N-dealkylation sites (tertiary alicyclic amines) is 1. The van der Waals surface area contributed by atoms with Crippen LogP contribution in [0, 0.1) is 0 Å². The van der Waals surface area contributed by atoms with E-state index in [1.807, 2.05) is 30.3 Å². The minimum absolute atomic E-state index is 0.0277. The second kappa shape index (κ2) is 6.47. The predicted octanol–water partition coefficient (Wildman–Crippen LogP) is 2.85. The largest absolute Gasteiger partial charge is 0.445 e. The molecule has 1 aromatic heterocycles. The van der Waals surface area contributed by atoms with Crippen molar-refractivity contribution in [1.29, 1.82) is 0 Å². The van der Waals surface area contributed by atoms with Gasteiger partial charge >= 0.3 is 6.09 Å². The van der Waals surface area contributed by atoms with Gasteiger partial charge in [0.2, 0.25) is 5.56 Å². The van der Waals surface area contributed by atoms with Crippen molar-refractivity contribution < 1.29 is 9.53 Å². The lowest BCUT2D eigenvalue weighted by atomic mass is 10.1. The average molecular weight is 298 g/mol. The number of hydrogen-bond donors (Lipinski definition) is 1. The molecule has 114 valence electrons. The highest BCUT2D eigenvalue weighted by atomic mass is 16.6. The molecule has 3 rings (SSSR count). The molecule has 0 aliphatic carbocycles. The molecule has 0 radical (unpaired) electrons. The van der Waals surface area contributed by atoms with Crippen LogP contribution in [0.2, 0.25) is 0 Å². The third-order valence-corrected chi connectivity index (χ3v) is 3.89. The van der Waals surface area contributed by atoms with Gasteiger partial charge in [-0.1, -0.05) is 36.4 Å². The van der Waals surface area contributed by atoms with Crippen molar-refractivity contribution in [2.75, 3.05) is 6.54 Å². The smallest absolute Gasteiger partial charge is 0.410 e. The summed E-state index contributed by atoms with van der Waals surface area (Å²) in [5.41, 5.74) is 1.77. The lowest BCUT2D eigenvalue weighted by Crippen LogP contribution is -2.31. The quantitative estimate of drug-likeness (QED) is 0.947. The van der Waals surface area contributed by atoms with E-state index in [9.17, 15) is 9.59 Å². The van der Waals surface area contributed by atoms with Crippen LogP contribution in [0.3, 0.4) is 0 Å². The number of rotatable bonds is 3. The van der Waals surface area contributed by atoms with E-state index < -0.39 is 0 Å². The number of amides is 1. The van der Waals surface area contributed by atoms with E-state index in [0.29, 0.717) is 6.54 Å². The van der Waals surface area contributed by atoms with Crippen LogP contribution < -0.4 is 5.56 Å². The van der Waals surface area contributed by atoms with Crippen LogP contribution in [0.25, 0.3) is 0 Å². The van der Waals surface area contributed by atoms with E-state index >= 15 is 0 Å². The van der Waals surface area contributed by atoms with Crippen LogP contribution in [-0.4, -0.2) is 22.5 Å². The molecule has 1 amide bonds. The normalized spacial score (nSPS) is 17.5. The predicted molar refractivity (Wildman–Crippen MR) is 82.4 cm³/mol.